The molecule has 1 N–H and O–H groups in total. The molecular formula is C7H12INO3. The summed E-state index contributed by atoms with van der Waals surface area (Å²) in [6.07, 6.45) is -0.401. The largest absolute Gasteiger partial charge is 0.376 e. The monoisotopic (exact) mass is 285 g/mol. The standard InChI is InChI=1S/C7H12INO3/c8-1-2-9-7(10)6-5-11-3-4-12-6/h6H,1-5H2,(H,9,10). The molecule has 0 radical (unpaired) electrons. The highest BCUT2D eigenvalue weighted by Gasteiger charge is 2.21. The van der Waals surface area contributed by atoms with E-state index in [4.69, 9.17) is 9.47 Å². The number of amides is 1. The summed E-state index contributed by atoms with van der Waals surface area (Å²) in [7, 11) is 0. The summed E-state index contributed by atoms with van der Waals surface area (Å²) in [6, 6.07) is 0. The smallest absolute Gasteiger partial charge is 0.251 e. The second-order valence-corrected chi connectivity index (χ2v) is 3.49. The van der Waals surface area contributed by atoms with Gasteiger partial charge in [-0.3, -0.25) is 4.79 Å². The molecule has 0 bridgehead atoms. The molecule has 1 heterocycles. The topological polar surface area (TPSA) is 47.6 Å². The molecule has 5 heteroatoms. The van der Waals surface area contributed by atoms with Gasteiger partial charge in [-0.2, -0.15) is 0 Å². The van der Waals surface area contributed by atoms with Crippen molar-refractivity contribution in [2.75, 3.05) is 30.8 Å². The van der Waals surface area contributed by atoms with Gasteiger partial charge in [0.1, 0.15) is 0 Å². The molecule has 12 heavy (non-hydrogen) atoms. The van der Waals surface area contributed by atoms with Crippen LogP contribution in [0.5, 0.6) is 0 Å². The van der Waals surface area contributed by atoms with E-state index >= 15 is 0 Å². The van der Waals surface area contributed by atoms with Crippen molar-refractivity contribution in [1.82, 2.24) is 5.32 Å². The first-order chi connectivity index (χ1) is 5.84. The van der Waals surface area contributed by atoms with Crippen LogP contribution < -0.4 is 5.32 Å². The van der Waals surface area contributed by atoms with Gasteiger partial charge in [0.05, 0.1) is 19.8 Å². The predicted molar refractivity (Wildman–Crippen MR) is 52.5 cm³/mol. The predicted octanol–water partition coefficient (Wildman–Crippen LogP) is -0.0470. The van der Waals surface area contributed by atoms with Gasteiger partial charge in [-0.15, -0.1) is 0 Å². The lowest BCUT2D eigenvalue weighted by Gasteiger charge is -2.21. The Morgan fingerprint density at radius 2 is 2.42 bits per heavy atom. The van der Waals surface area contributed by atoms with E-state index in [0.29, 0.717) is 26.4 Å². The molecule has 0 aromatic carbocycles. The maximum Gasteiger partial charge on any atom is 0.251 e. The van der Waals surface area contributed by atoms with E-state index in [9.17, 15) is 4.79 Å². The Kier molecular flexibility index (Phi) is 4.86. The third-order valence-corrected chi connectivity index (χ3v) is 2.04. The lowest BCUT2D eigenvalue weighted by atomic mass is 10.3. The van der Waals surface area contributed by atoms with Crippen LogP contribution in [-0.4, -0.2) is 42.8 Å². The van der Waals surface area contributed by atoms with Crippen molar-refractivity contribution in [3.05, 3.63) is 0 Å². The Labute approximate surface area is 85.1 Å². The molecule has 1 amide bonds. The summed E-state index contributed by atoms with van der Waals surface area (Å²) >= 11 is 2.20. The molecule has 0 saturated carbocycles. The molecule has 70 valence electrons. The van der Waals surface area contributed by atoms with E-state index in [1.165, 1.54) is 0 Å². The first-order valence-corrected chi connectivity index (χ1v) is 5.40. The van der Waals surface area contributed by atoms with Gasteiger partial charge in [0.2, 0.25) is 0 Å². The molecule has 0 aromatic heterocycles. The molecule has 1 saturated heterocycles. The quantitative estimate of drug-likeness (QED) is 0.584. The number of carbonyl (C=O) groups excluding carboxylic acids is 1. The summed E-state index contributed by atoms with van der Waals surface area (Å²) in [6.45, 7) is 2.19. The highest BCUT2D eigenvalue weighted by molar-refractivity contribution is 14.1. The molecule has 4 nitrogen and oxygen atoms in total. The molecule has 1 unspecified atom stereocenters. The summed E-state index contributed by atoms with van der Waals surface area (Å²) in [5.41, 5.74) is 0. The van der Waals surface area contributed by atoms with Crippen LogP contribution in [0.1, 0.15) is 0 Å². The van der Waals surface area contributed by atoms with Crippen molar-refractivity contribution in [2.45, 2.75) is 6.10 Å². The molecular weight excluding hydrogens is 273 g/mol. The van der Waals surface area contributed by atoms with Crippen LogP contribution in [0.15, 0.2) is 0 Å². The normalized spacial score (nSPS) is 23.6. The van der Waals surface area contributed by atoms with Gasteiger partial charge in [-0.05, 0) is 0 Å². The van der Waals surface area contributed by atoms with Crippen LogP contribution in [-0.2, 0) is 14.3 Å². The average Bonchev–Trinajstić information content (AvgIpc) is 2.15. The zero-order valence-electron chi connectivity index (χ0n) is 6.72. The summed E-state index contributed by atoms with van der Waals surface area (Å²) < 4.78 is 11.2. The number of carbonyl (C=O) groups is 1. The fourth-order valence-corrected chi connectivity index (χ4v) is 1.19. The van der Waals surface area contributed by atoms with Crippen molar-refractivity contribution in [3.63, 3.8) is 0 Å². The molecule has 0 spiro atoms. The van der Waals surface area contributed by atoms with Crippen molar-refractivity contribution in [3.8, 4) is 0 Å². The average molecular weight is 285 g/mol. The molecule has 1 atom stereocenters. The number of alkyl halides is 1. The SMILES string of the molecule is O=C(NCCI)C1COCCO1. The Hall–Kier alpha value is 0.120. The fourth-order valence-electron chi connectivity index (χ4n) is 0.923. The number of halogens is 1. The van der Waals surface area contributed by atoms with Crippen LogP contribution in [0.2, 0.25) is 0 Å². The van der Waals surface area contributed by atoms with Crippen LogP contribution in [0.25, 0.3) is 0 Å². The minimum absolute atomic E-state index is 0.0635. The molecule has 0 aliphatic carbocycles. The molecule has 0 aromatic rings. The lowest BCUT2D eigenvalue weighted by molar-refractivity contribution is -0.147. The van der Waals surface area contributed by atoms with Crippen molar-refractivity contribution >= 4 is 28.5 Å². The minimum Gasteiger partial charge on any atom is -0.376 e. The second kappa shape index (κ2) is 5.71. The third-order valence-electron chi connectivity index (χ3n) is 1.50. The zero-order chi connectivity index (χ0) is 8.81. The number of hydrogen-bond donors (Lipinski definition) is 1. The Morgan fingerprint density at radius 1 is 1.58 bits per heavy atom. The number of rotatable bonds is 3. The number of nitrogens with one attached hydrogen (secondary N) is 1. The van der Waals surface area contributed by atoms with E-state index < -0.39 is 6.10 Å². The van der Waals surface area contributed by atoms with Crippen molar-refractivity contribution in [2.24, 2.45) is 0 Å². The second-order valence-electron chi connectivity index (χ2n) is 2.41. The number of hydrogen-bond acceptors (Lipinski definition) is 3. The van der Waals surface area contributed by atoms with Gasteiger partial charge in [0.25, 0.3) is 5.91 Å². The summed E-state index contributed by atoms with van der Waals surface area (Å²) in [5.74, 6) is -0.0635. The van der Waals surface area contributed by atoms with E-state index in [1.54, 1.807) is 0 Å². The van der Waals surface area contributed by atoms with E-state index in [1.807, 2.05) is 0 Å². The molecule has 1 rings (SSSR count). The minimum atomic E-state index is -0.401. The van der Waals surface area contributed by atoms with Gasteiger partial charge in [-0.25, -0.2) is 0 Å². The van der Waals surface area contributed by atoms with Gasteiger partial charge < -0.3 is 14.8 Å². The third kappa shape index (κ3) is 3.24. The first-order valence-electron chi connectivity index (χ1n) is 3.87. The van der Waals surface area contributed by atoms with E-state index in [0.717, 1.165) is 4.43 Å². The fraction of sp³-hybridized carbons (Fsp3) is 0.857. The van der Waals surface area contributed by atoms with E-state index in [-0.39, 0.29) is 5.91 Å². The Morgan fingerprint density at radius 3 is 3.00 bits per heavy atom. The highest BCUT2D eigenvalue weighted by atomic mass is 127. The Bertz CT molecular complexity index is 148. The molecule has 1 aliphatic rings. The molecule has 1 aliphatic heterocycles. The highest BCUT2D eigenvalue weighted by Crippen LogP contribution is 2.00. The van der Waals surface area contributed by atoms with Crippen molar-refractivity contribution < 1.29 is 14.3 Å². The van der Waals surface area contributed by atoms with Gasteiger partial charge >= 0.3 is 0 Å². The van der Waals surface area contributed by atoms with Crippen LogP contribution in [0.3, 0.4) is 0 Å². The maximum absolute atomic E-state index is 11.2. The van der Waals surface area contributed by atoms with Crippen LogP contribution in [0, 0.1) is 0 Å². The van der Waals surface area contributed by atoms with Crippen LogP contribution >= 0.6 is 22.6 Å². The van der Waals surface area contributed by atoms with Gasteiger partial charge in [0.15, 0.2) is 6.10 Å². The van der Waals surface area contributed by atoms with Gasteiger partial charge in [-0.1, -0.05) is 22.6 Å². The summed E-state index contributed by atoms with van der Waals surface area (Å²) in [4.78, 5) is 11.2. The zero-order valence-corrected chi connectivity index (χ0v) is 8.87. The first kappa shape index (κ1) is 10.2. The van der Waals surface area contributed by atoms with Crippen LogP contribution in [0.4, 0.5) is 0 Å². The Balaban J connectivity index is 2.20. The maximum atomic E-state index is 11.2. The van der Waals surface area contributed by atoms with E-state index in [2.05, 4.69) is 27.9 Å². The summed E-state index contributed by atoms with van der Waals surface area (Å²) in [5, 5.41) is 2.75. The molecule has 1 fully saturated rings. The number of ether oxygens (including phenoxy) is 2. The van der Waals surface area contributed by atoms with Gasteiger partial charge in [0, 0.05) is 11.0 Å². The van der Waals surface area contributed by atoms with Crippen molar-refractivity contribution in [1.29, 1.82) is 0 Å². The lowest BCUT2D eigenvalue weighted by Crippen LogP contribution is -2.43.